The summed E-state index contributed by atoms with van der Waals surface area (Å²) < 4.78 is 24.3. The molecule has 252 valence electrons. The van der Waals surface area contributed by atoms with Gasteiger partial charge in [0.25, 0.3) is 0 Å². The van der Waals surface area contributed by atoms with Crippen LogP contribution in [0.5, 0.6) is 0 Å². The molecule has 0 spiro atoms. The number of ether oxygens (including phenoxy) is 3. The van der Waals surface area contributed by atoms with Gasteiger partial charge in [0.2, 0.25) is 8.32 Å². The maximum atomic E-state index is 13.2. The Morgan fingerprint density at radius 2 is 1.31 bits per heavy atom. The Morgan fingerprint density at radius 3 is 1.78 bits per heavy atom. The summed E-state index contributed by atoms with van der Waals surface area (Å²) in [6.45, 7) is 20.5. The quantitative estimate of drug-likeness (QED) is 0.136. The van der Waals surface area contributed by atoms with Gasteiger partial charge in [0.15, 0.2) is 6.04 Å². The zero-order chi connectivity index (χ0) is 33.8. The van der Waals surface area contributed by atoms with Crippen LogP contribution in [0.1, 0.15) is 80.4 Å². The van der Waals surface area contributed by atoms with Crippen molar-refractivity contribution in [2.45, 2.75) is 123 Å². The molecule has 0 bridgehead atoms. The first-order valence-corrected chi connectivity index (χ1v) is 18.4. The number of aliphatic hydroxyl groups excluding tert-OH is 1. The molecule has 0 aliphatic carbocycles. The van der Waals surface area contributed by atoms with E-state index in [0.717, 1.165) is 11.1 Å². The van der Waals surface area contributed by atoms with Crippen molar-refractivity contribution in [2.75, 3.05) is 13.2 Å². The highest BCUT2D eigenvalue weighted by atomic mass is 28.4. The number of hydrogen-bond acceptors (Lipinski definition) is 7. The minimum atomic E-state index is -2.36. The number of aliphatic hydroxyl groups is 1. The van der Waals surface area contributed by atoms with Crippen LogP contribution in [0, 0.1) is 5.92 Å². The summed E-state index contributed by atoms with van der Waals surface area (Å²) in [6.07, 6.45) is -1.37. The van der Waals surface area contributed by atoms with Crippen molar-refractivity contribution < 1.29 is 33.3 Å². The molecule has 0 aliphatic heterocycles. The molecule has 0 unspecified atom stereocenters. The number of rotatable bonds is 17. The molecule has 0 heterocycles. The summed E-state index contributed by atoms with van der Waals surface area (Å²) >= 11 is 0. The minimum Gasteiger partial charge on any atom is -0.459 e. The van der Waals surface area contributed by atoms with E-state index in [9.17, 15) is 14.7 Å². The molecule has 45 heavy (non-hydrogen) atoms. The van der Waals surface area contributed by atoms with Crippen LogP contribution in [0.2, 0.25) is 16.6 Å². The normalized spacial score (nSPS) is 15.1. The summed E-state index contributed by atoms with van der Waals surface area (Å²) in [4.78, 5) is 25.9. The molecule has 2 aromatic carbocycles. The predicted molar refractivity (Wildman–Crippen MR) is 181 cm³/mol. The third-order valence-electron chi connectivity index (χ3n) is 8.14. The van der Waals surface area contributed by atoms with Crippen molar-refractivity contribution in [2.24, 2.45) is 5.92 Å². The van der Waals surface area contributed by atoms with E-state index in [1.165, 1.54) is 0 Å². The van der Waals surface area contributed by atoms with E-state index >= 15 is 0 Å². The highest BCUT2D eigenvalue weighted by Gasteiger charge is 2.48. The van der Waals surface area contributed by atoms with Gasteiger partial charge in [-0.25, -0.2) is 9.59 Å². The number of carbonyl (C=O) groups excluding carboxylic acids is 2. The van der Waals surface area contributed by atoms with Gasteiger partial charge in [-0.05, 0) is 61.9 Å². The first-order chi connectivity index (χ1) is 21.1. The van der Waals surface area contributed by atoms with Crippen LogP contribution in [0.3, 0.4) is 0 Å². The van der Waals surface area contributed by atoms with Crippen LogP contribution in [0.25, 0.3) is 0 Å². The molecular weight excluding hydrogens is 586 g/mol. The number of hydrogen-bond donors (Lipinski definition) is 2. The van der Waals surface area contributed by atoms with E-state index < -0.39 is 44.2 Å². The van der Waals surface area contributed by atoms with Crippen molar-refractivity contribution in [1.29, 1.82) is 0 Å². The van der Waals surface area contributed by atoms with Crippen LogP contribution >= 0.6 is 0 Å². The molecule has 0 fully saturated rings. The van der Waals surface area contributed by atoms with E-state index in [2.05, 4.69) is 59.0 Å². The maximum absolute atomic E-state index is 13.2. The second-order valence-corrected chi connectivity index (χ2v) is 19.3. The summed E-state index contributed by atoms with van der Waals surface area (Å²) in [5.41, 5.74) is 2.18. The molecule has 9 heteroatoms. The fourth-order valence-corrected chi connectivity index (χ4v) is 11.9. The summed E-state index contributed by atoms with van der Waals surface area (Å²) in [6, 6.07) is 18.3. The number of amides is 1. The Labute approximate surface area is 272 Å². The van der Waals surface area contributed by atoms with Crippen molar-refractivity contribution in [3.05, 3.63) is 71.8 Å². The maximum Gasteiger partial charge on any atom is 0.408 e. The first kappa shape index (κ1) is 38.5. The number of esters is 1. The second-order valence-electron chi connectivity index (χ2n) is 13.9. The minimum absolute atomic E-state index is 0.0626. The molecule has 0 aromatic heterocycles. The average molecular weight is 644 g/mol. The first-order valence-electron chi connectivity index (χ1n) is 16.2. The lowest BCUT2D eigenvalue weighted by Gasteiger charge is -2.47. The lowest BCUT2D eigenvalue weighted by atomic mass is 9.92. The van der Waals surface area contributed by atoms with E-state index in [4.69, 9.17) is 18.6 Å². The van der Waals surface area contributed by atoms with Crippen LogP contribution in [0.4, 0.5) is 4.79 Å². The van der Waals surface area contributed by atoms with Crippen molar-refractivity contribution >= 4 is 20.4 Å². The highest BCUT2D eigenvalue weighted by Crippen LogP contribution is 2.44. The van der Waals surface area contributed by atoms with Crippen molar-refractivity contribution in [3.63, 3.8) is 0 Å². The van der Waals surface area contributed by atoms with Crippen LogP contribution < -0.4 is 5.32 Å². The SMILES string of the molecule is CC(C)[Si](O[C@H]([C@H](COC[C@@H](NC(=O)OC(C)(C)C)C(=O)OCc1ccccc1)Cc1ccccc1)[C@H](C)O)(C(C)C)C(C)C. The number of carbonyl (C=O) groups is 2. The lowest BCUT2D eigenvalue weighted by Crippen LogP contribution is -2.54. The van der Waals surface area contributed by atoms with Crippen molar-refractivity contribution in [1.82, 2.24) is 5.32 Å². The Hall–Kier alpha value is -2.72. The van der Waals surface area contributed by atoms with E-state index in [0.29, 0.717) is 23.0 Å². The number of nitrogens with one attached hydrogen (secondary N) is 1. The highest BCUT2D eigenvalue weighted by molar-refractivity contribution is 6.77. The molecule has 2 N–H and O–H groups in total. The number of benzene rings is 2. The topological polar surface area (TPSA) is 103 Å². The van der Waals surface area contributed by atoms with Gasteiger partial charge in [0.05, 0.1) is 25.4 Å². The van der Waals surface area contributed by atoms with Crippen molar-refractivity contribution in [3.8, 4) is 0 Å². The van der Waals surface area contributed by atoms with Crippen LogP contribution in [0.15, 0.2) is 60.7 Å². The van der Waals surface area contributed by atoms with Gasteiger partial charge in [0, 0.05) is 5.92 Å². The molecule has 0 saturated heterocycles. The van der Waals surface area contributed by atoms with Crippen LogP contribution in [-0.2, 0) is 36.5 Å². The average Bonchev–Trinajstić information content (AvgIpc) is 2.95. The van der Waals surface area contributed by atoms with E-state index in [-0.39, 0.29) is 25.7 Å². The number of alkyl carbamates (subject to hydrolysis) is 1. The Kier molecular flexibility index (Phi) is 15.2. The smallest absolute Gasteiger partial charge is 0.408 e. The Balaban J connectivity index is 2.32. The summed E-state index contributed by atoms with van der Waals surface area (Å²) in [5, 5.41) is 13.8. The fourth-order valence-electron chi connectivity index (χ4n) is 6.20. The van der Waals surface area contributed by atoms with Gasteiger partial charge in [-0.1, -0.05) is 102 Å². The van der Waals surface area contributed by atoms with E-state index in [1.807, 2.05) is 48.5 Å². The zero-order valence-corrected chi connectivity index (χ0v) is 30.0. The summed E-state index contributed by atoms with van der Waals surface area (Å²) in [5.74, 6) is -0.850. The molecule has 0 aliphatic rings. The van der Waals surface area contributed by atoms with Crippen LogP contribution in [-0.4, -0.2) is 62.6 Å². The molecule has 0 saturated carbocycles. The van der Waals surface area contributed by atoms with Gasteiger partial charge < -0.3 is 29.1 Å². The zero-order valence-electron chi connectivity index (χ0n) is 29.0. The van der Waals surface area contributed by atoms with Gasteiger partial charge in [-0.2, -0.15) is 0 Å². The fraction of sp³-hybridized carbons (Fsp3) is 0.611. The van der Waals surface area contributed by atoms with E-state index in [1.54, 1.807) is 27.7 Å². The lowest BCUT2D eigenvalue weighted by molar-refractivity contribution is -0.149. The predicted octanol–water partition coefficient (Wildman–Crippen LogP) is 7.44. The molecule has 2 aromatic rings. The van der Waals surface area contributed by atoms with Gasteiger partial charge in [-0.3, -0.25) is 0 Å². The third kappa shape index (κ3) is 12.2. The molecular formula is C36H57NO7Si. The van der Waals surface area contributed by atoms with Gasteiger partial charge >= 0.3 is 12.1 Å². The largest absolute Gasteiger partial charge is 0.459 e. The standard InChI is InChI=1S/C36H57NO7Si/c1-25(2)45(26(3)4,27(5)6)44-33(28(7)38)31(21-29-17-13-11-14-18-29)23-41-24-32(37-35(40)43-36(8,9)10)34(39)42-22-30-19-15-12-16-20-30/h11-20,25-28,31-33,38H,21-24H2,1-10H3,(H,37,40)/t28-,31-,32+,33-/m0/s1. The molecule has 2 rings (SSSR count). The Morgan fingerprint density at radius 1 is 0.800 bits per heavy atom. The third-order valence-corrected chi connectivity index (χ3v) is 14.2. The summed E-state index contributed by atoms with van der Waals surface area (Å²) in [7, 11) is -2.36. The monoisotopic (exact) mass is 643 g/mol. The molecule has 4 atom stereocenters. The molecule has 1 amide bonds. The van der Waals surface area contributed by atoms with Gasteiger partial charge in [-0.15, -0.1) is 0 Å². The molecule has 8 nitrogen and oxygen atoms in total. The van der Waals surface area contributed by atoms with Gasteiger partial charge in [0.1, 0.15) is 12.2 Å². The Bertz CT molecular complexity index is 1130. The molecule has 0 radical (unpaired) electrons. The second kappa shape index (κ2) is 17.8.